The summed E-state index contributed by atoms with van der Waals surface area (Å²) in [5, 5.41) is 20.2. The van der Waals surface area contributed by atoms with Crippen molar-refractivity contribution < 1.29 is 9.90 Å². The number of phenolic OH excluding ortho intramolecular Hbond substituents is 1. The van der Waals surface area contributed by atoms with E-state index in [-0.39, 0.29) is 17.2 Å². The summed E-state index contributed by atoms with van der Waals surface area (Å²) < 4.78 is 0. The third-order valence-corrected chi connectivity index (χ3v) is 3.10. The number of phenols is 1. The van der Waals surface area contributed by atoms with Crippen LogP contribution in [0.2, 0.25) is 0 Å². The Morgan fingerprint density at radius 2 is 2.10 bits per heavy atom. The second-order valence-corrected chi connectivity index (χ2v) is 4.65. The summed E-state index contributed by atoms with van der Waals surface area (Å²) in [6, 6.07) is 10.4. The van der Waals surface area contributed by atoms with E-state index in [4.69, 9.17) is 0 Å². The van der Waals surface area contributed by atoms with Crippen LogP contribution < -0.4 is 5.32 Å². The van der Waals surface area contributed by atoms with Crippen molar-refractivity contribution in [3.05, 3.63) is 53.7 Å². The first-order valence-corrected chi connectivity index (χ1v) is 6.17. The van der Waals surface area contributed by atoms with E-state index in [0.29, 0.717) is 5.69 Å². The molecule has 0 fully saturated rings. The number of amides is 1. The predicted octanol–water partition coefficient (Wildman–Crippen LogP) is 2.83. The summed E-state index contributed by atoms with van der Waals surface area (Å²) in [6.45, 7) is 1.86. The monoisotopic (exact) mass is 267 g/mol. The van der Waals surface area contributed by atoms with E-state index in [1.807, 2.05) is 19.1 Å². The number of aromatic amines is 1. The number of carbonyl (C=O) groups excluding carboxylic acids is 1. The van der Waals surface area contributed by atoms with Crippen molar-refractivity contribution in [3.63, 3.8) is 0 Å². The Morgan fingerprint density at radius 3 is 2.90 bits per heavy atom. The molecule has 20 heavy (non-hydrogen) atoms. The van der Waals surface area contributed by atoms with Crippen LogP contribution in [0.15, 0.2) is 42.6 Å². The van der Waals surface area contributed by atoms with E-state index in [1.165, 1.54) is 0 Å². The summed E-state index contributed by atoms with van der Waals surface area (Å²) in [5.74, 6) is -0.364. The highest BCUT2D eigenvalue weighted by atomic mass is 16.3. The molecule has 0 saturated carbocycles. The first-order valence-electron chi connectivity index (χ1n) is 6.17. The molecule has 0 spiro atoms. The number of anilines is 1. The molecule has 1 heterocycles. The molecule has 0 unspecified atom stereocenters. The molecule has 0 aliphatic rings. The SMILES string of the molecule is Cc1ccc(C(=O)Nc2ccc3[nH]ncc3c2)c(O)c1. The van der Waals surface area contributed by atoms with Crippen molar-refractivity contribution in [2.75, 3.05) is 5.32 Å². The lowest BCUT2D eigenvalue weighted by atomic mass is 10.1. The van der Waals surface area contributed by atoms with Crippen LogP contribution in [0.25, 0.3) is 10.9 Å². The third kappa shape index (κ3) is 2.21. The van der Waals surface area contributed by atoms with Crippen molar-refractivity contribution in [2.45, 2.75) is 6.92 Å². The molecule has 5 heteroatoms. The Bertz CT molecular complexity index is 793. The molecule has 100 valence electrons. The number of benzene rings is 2. The van der Waals surface area contributed by atoms with Gasteiger partial charge < -0.3 is 10.4 Å². The largest absolute Gasteiger partial charge is 0.507 e. The van der Waals surface area contributed by atoms with Crippen molar-refractivity contribution in [3.8, 4) is 5.75 Å². The fraction of sp³-hybridized carbons (Fsp3) is 0.0667. The molecule has 0 aliphatic carbocycles. The van der Waals surface area contributed by atoms with Crippen LogP contribution >= 0.6 is 0 Å². The molecule has 0 atom stereocenters. The first kappa shape index (κ1) is 12.2. The van der Waals surface area contributed by atoms with Crippen molar-refractivity contribution in [1.82, 2.24) is 10.2 Å². The number of aromatic nitrogens is 2. The lowest BCUT2D eigenvalue weighted by molar-refractivity contribution is 0.102. The zero-order valence-corrected chi connectivity index (χ0v) is 10.8. The number of hydrogen-bond acceptors (Lipinski definition) is 3. The number of aromatic hydroxyl groups is 1. The van der Waals surface area contributed by atoms with E-state index in [1.54, 1.807) is 30.5 Å². The summed E-state index contributed by atoms with van der Waals surface area (Å²) in [5.41, 5.74) is 2.71. The van der Waals surface area contributed by atoms with Gasteiger partial charge in [-0.15, -0.1) is 0 Å². The van der Waals surface area contributed by atoms with Gasteiger partial charge in [0.1, 0.15) is 5.75 Å². The maximum absolute atomic E-state index is 12.1. The van der Waals surface area contributed by atoms with E-state index in [9.17, 15) is 9.90 Å². The van der Waals surface area contributed by atoms with Gasteiger partial charge in [-0.25, -0.2) is 0 Å². The van der Waals surface area contributed by atoms with Crippen LogP contribution in [0.4, 0.5) is 5.69 Å². The molecule has 0 saturated heterocycles. The minimum atomic E-state index is -0.342. The van der Waals surface area contributed by atoms with E-state index < -0.39 is 0 Å². The number of rotatable bonds is 2. The van der Waals surface area contributed by atoms with Gasteiger partial charge in [0.15, 0.2) is 0 Å². The minimum Gasteiger partial charge on any atom is -0.507 e. The Morgan fingerprint density at radius 1 is 1.25 bits per heavy atom. The average Bonchev–Trinajstić information content (AvgIpc) is 2.85. The molecule has 3 N–H and O–H groups in total. The fourth-order valence-electron chi connectivity index (χ4n) is 2.05. The van der Waals surface area contributed by atoms with Crippen LogP contribution in [0.5, 0.6) is 5.75 Å². The number of nitrogens with one attached hydrogen (secondary N) is 2. The van der Waals surface area contributed by atoms with Crippen molar-refractivity contribution >= 4 is 22.5 Å². The van der Waals surface area contributed by atoms with E-state index in [2.05, 4.69) is 15.5 Å². The van der Waals surface area contributed by atoms with Crippen molar-refractivity contribution in [1.29, 1.82) is 0 Å². The minimum absolute atomic E-state index is 0.0214. The van der Waals surface area contributed by atoms with Crippen LogP contribution in [-0.4, -0.2) is 21.2 Å². The summed E-state index contributed by atoms with van der Waals surface area (Å²) in [6.07, 6.45) is 1.69. The second kappa shape index (κ2) is 4.70. The highest BCUT2D eigenvalue weighted by Gasteiger charge is 2.11. The standard InChI is InChI=1S/C15H13N3O2/c1-9-2-4-12(14(19)6-9)15(20)17-11-3-5-13-10(7-11)8-16-18-13/h2-8,19H,1H3,(H,16,18)(H,17,20). The van der Waals surface area contributed by atoms with Crippen LogP contribution in [0.3, 0.4) is 0 Å². The lowest BCUT2D eigenvalue weighted by Crippen LogP contribution is -2.12. The van der Waals surface area contributed by atoms with E-state index >= 15 is 0 Å². The molecular weight excluding hydrogens is 254 g/mol. The topological polar surface area (TPSA) is 78.0 Å². The second-order valence-electron chi connectivity index (χ2n) is 4.65. The molecule has 0 bridgehead atoms. The molecule has 0 radical (unpaired) electrons. The molecule has 0 aliphatic heterocycles. The molecule has 1 amide bonds. The van der Waals surface area contributed by atoms with Crippen LogP contribution in [0.1, 0.15) is 15.9 Å². The lowest BCUT2D eigenvalue weighted by Gasteiger charge is -2.07. The Labute approximate surface area is 115 Å². The Hall–Kier alpha value is -2.82. The molecule has 5 nitrogen and oxygen atoms in total. The number of nitrogens with zero attached hydrogens (tertiary/aromatic N) is 1. The number of carbonyl (C=O) groups is 1. The Kier molecular flexibility index (Phi) is 2.87. The molecule has 2 aromatic carbocycles. The highest BCUT2D eigenvalue weighted by molar-refractivity contribution is 6.06. The number of hydrogen-bond donors (Lipinski definition) is 3. The average molecular weight is 267 g/mol. The van der Waals surface area contributed by atoms with Gasteiger partial charge in [-0.1, -0.05) is 6.07 Å². The van der Waals surface area contributed by atoms with E-state index in [0.717, 1.165) is 16.5 Å². The number of fused-ring (bicyclic) bond motifs is 1. The fourth-order valence-corrected chi connectivity index (χ4v) is 2.05. The number of H-pyrrole nitrogens is 1. The van der Waals surface area contributed by atoms with Crippen LogP contribution in [-0.2, 0) is 0 Å². The predicted molar refractivity (Wildman–Crippen MR) is 76.9 cm³/mol. The van der Waals surface area contributed by atoms with Gasteiger partial charge in [0, 0.05) is 11.1 Å². The zero-order valence-electron chi connectivity index (χ0n) is 10.8. The zero-order chi connectivity index (χ0) is 14.1. The van der Waals surface area contributed by atoms with Gasteiger partial charge in [0.05, 0.1) is 17.3 Å². The molecular formula is C15H13N3O2. The first-order chi connectivity index (χ1) is 9.63. The summed E-state index contributed by atoms with van der Waals surface area (Å²) in [4.78, 5) is 12.1. The van der Waals surface area contributed by atoms with Gasteiger partial charge in [-0.05, 0) is 42.8 Å². The smallest absolute Gasteiger partial charge is 0.259 e. The van der Waals surface area contributed by atoms with Gasteiger partial charge in [-0.3, -0.25) is 9.89 Å². The van der Waals surface area contributed by atoms with Gasteiger partial charge in [0.2, 0.25) is 0 Å². The molecule has 1 aromatic heterocycles. The highest BCUT2D eigenvalue weighted by Crippen LogP contribution is 2.21. The number of aryl methyl sites for hydroxylation is 1. The van der Waals surface area contributed by atoms with Gasteiger partial charge in [0.25, 0.3) is 5.91 Å². The molecule has 3 aromatic rings. The summed E-state index contributed by atoms with van der Waals surface area (Å²) >= 11 is 0. The molecule has 3 rings (SSSR count). The van der Waals surface area contributed by atoms with Crippen LogP contribution in [0, 0.1) is 6.92 Å². The van der Waals surface area contributed by atoms with Crippen molar-refractivity contribution in [2.24, 2.45) is 0 Å². The maximum Gasteiger partial charge on any atom is 0.259 e. The van der Waals surface area contributed by atoms with Gasteiger partial charge in [-0.2, -0.15) is 5.10 Å². The normalized spacial score (nSPS) is 10.7. The van der Waals surface area contributed by atoms with Gasteiger partial charge >= 0.3 is 0 Å². The Balaban J connectivity index is 1.87. The summed E-state index contributed by atoms with van der Waals surface area (Å²) in [7, 11) is 0. The quantitative estimate of drug-likeness (QED) is 0.668. The third-order valence-electron chi connectivity index (χ3n) is 3.10. The maximum atomic E-state index is 12.1.